The summed E-state index contributed by atoms with van der Waals surface area (Å²) in [5, 5.41) is 6.04. The van der Waals surface area contributed by atoms with E-state index in [0.717, 1.165) is 18.8 Å². The summed E-state index contributed by atoms with van der Waals surface area (Å²) in [7, 11) is 1.88. The van der Waals surface area contributed by atoms with Gasteiger partial charge in [-0.1, -0.05) is 6.92 Å². The molecule has 1 aliphatic carbocycles. The Hall–Kier alpha value is -1.10. The van der Waals surface area contributed by atoms with E-state index in [-0.39, 0.29) is 23.8 Å². The number of hydrogen-bond acceptors (Lipinski definition) is 3. The Bertz CT molecular complexity index is 378. The summed E-state index contributed by atoms with van der Waals surface area (Å²) in [5.41, 5.74) is 0. The second kappa shape index (κ2) is 7.25. The van der Waals surface area contributed by atoms with E-state index >= 15 is 0 Å². The monoisotopic (exact) mass is 295 g/mol. The van der Waals surface area contributed by atoms with Gasteiger partial charge in [0.2, 0.25) is 11.8 Å². The number of carbonyl (C=O) groups excluding carboxylic acids is 2. The fraction of sp³-hybridized carbons (Fsp3) is 0.875. The van der Waals surface area contributed by atoms with Crippen molar-refractivity contribution in [3.8, 4) is 0 Å². The van der Waals surface area contributed by atoms with E-state index in [2.05, 4.69) is 17.6 Å². The van der Waals surface area contributed by atoms with Crippen molar-refractivity contribution < 1.29 is 9.59 Å². The first-order chi connectivity index (χ1) is 10.0. The van der Waals surface area contributed by atoms with Gasteiger partial charge in [-0.15, -0.1) is 0 Å². The molecule has 5 nitrogen and oxygen atoms in total. The number of rotatable bonds is 5. The number of hydrogen-bond donors (Lipinski definition) is 2. The fourth-order valence-electron chi connectivity index (χ4n) is 3.31. The number of nitrogens with zero attached hydrogens (tertiary/aromatic N) is 1. The van der Waals surface area contributed by atoms with E-state index in [0.29, 0.717) is 25.6 Å². The predicted molar refractivity (Wildman–Crippen MR) is 82.8 cm³/mol. The van der Waals surface area contributed by atoms with Crippen LogP contribution in [0, 0.1) is 11.8 Å². The summed E-state index contributed by atoms with van der Waals surface area (Å²) >= 11 is 0. The molecule has 2 fully saturated rings. The van der Waals surface area contributed by atoms with Crippen molar-refractivity contribution in [2.75, 3.05) is 20.1 Å². The van der Waals surface area contributed by atoms with Crippen LogP contribution in [0.1, 0.15) is 46.0 Å². The first-order valence-electron chi connectivity index (χ1n) is 8.25. The molecule has 0 aromatic rings. The Kier molecular flexibility index (Phi) is 5.62. The number of nitrogens with one attached hydrogen (secondary N) is 2. The first kappa shape index (κ1) is 16.3. The minimum absolute atomic E-state index is 0.0251. The molecule has 120 valence electrons. The number of likely N-dealkylation sites (N-methyl/N-ethyl adjacent to an activating group) is 1. The van der Waals surface area contributed by atoms with Crippen LogP contribution < -0.4 is 10.6 Å². The Labute approximate surface area is 127 Å². The maximum Gasteiger partial charge on any atom is 0.225 e. The lowest BCUT2D eigenvalue weighted by atomic mass is 9.87. The van der Waals surface area contributed by atoms with E-state index in [1.807, 2.05) is 18.9 Å². The van der Waals surface area contributed by atoms with E-state index in [1.54, 1.807) is 0 Å². The summed E-state index contributed by atoms with van der Waals surface area (Å²) in [4.78, 5) is 26.3. The highest BCUT2D eigenvalue weighted by Gasteiger charge is 2.38. The third-order valence-corrected chi connectivity index (χ3v) is 5.03. The van der Waals surface area contributed by atoms with Gasteiger partial charge in [0.25, 0.3) is 0 Å². The van der Waals surface area contributed by atoms with Crippen LogP contribution in [-0.2, 0) is 9.59 Å². The maximum atomic E-state index is 12.2. The van der Waals surface area contributed by atoms with Gasteiger partial charge >= 0.3 is 0 Å². The highest BCUT2D eigenvalue weighted by atomic mass is 16.2. The Balaban J connectivity index is 1.83. The van der Waals surface area contributed by atoms with Gasteiger partial charge in [0.05, 0.1) is 5.92 Å². The van der Waals surface area contributed by atoms with Crippen molar-refractivity contribution in [3.63, 3.8) is 0 Å². The zero-order valence-electron chi connectivity index (χ0n) is 13.5. The Morgan fingerprint density at radius 1 is 1.33 bits per heavy atom. The molecule has 2 unspecified atom stereocenters. The van der Waals surface area contributed by atoms with E-state index in [1.165, 1.54) is 12.8 Å². The predicted octanol–water partition coefficient (Wildman–Crippen LogP) is 1.14. The van der Waals surface area contributed by atoms with Crippen LogP contribution in [0.25, 0.3) is 0 Å². The molecule has 2 atom stereocenters. The van der Waals surface area contributed by atoms with Crippen LogP contribution in [0.2, 0.25) is 0 Å². The molecule has 2 rings (SSSR count). The average Bonchev–Trinajstić information content (AvgIpc) is 2.87. The minimum Gasteiger partial charge on any atom is -0.354 e. The molecule has 0 aromatic carbocycles. The fourth-order valence-corrected chi connectivity index (χ4v) is 3.31. The molecule has 2 N–H and O–H groups in total. The van der Waals surface area contributed by atoms with Crippen molar-refractivity contribution >= 4 is 11.8 Å². The molecule has 0 bridgehead atoms. The zero-order valence-corrected chi connectivity index (χ0v) is 13.5. The van der Waals surface area contributed by atoms with E-state index in [4.69, 9.17) is 0 Å². The lowest BCUT2D eigenvalue weighted by Gasteiger charge is -2.33. The standard InChI is InChI=1S/C16H29N3O2/c1-11-4-6-14(7-5-11)19-10-13(8-15(19)20)16(21)18-9-12(2)17-3/h11-14,17H,4-10H2,1-3H3,(H,18,21). The van der Waals surface area contributed by atoms with Gasteiger partial charge in [0.1, 0.15) is 0 Å². The van der Waals surface area contributed by atoms with Crippen molar-refractivity contribution in [2.24, 2.45) is 11.8 Å². The smallest absolute Gasteiger partial charge is 0.225 e. The molecule has 0 spiro atoms. The Morgan fingerprint density at radius 2 is 2.00 bits per heavy atom. The van der Waals surface area contributed by atoms with Gasteiger partial charge in [-0.25, -0.2) is 0 Å². The molecular weight excluding hydrogens is 266 g/mol. The lowest BCUT2D eigenvalue weighted by molar-refractivity contribution is -0.130. The zero-order chi connectivity index (χ0) is 15.4. The maximum absolute atomic E-state index is 12.2. The molecule has 5 heteroatoms. The molecule has 21 heavy (non-hydrogen) atoms. The molecule has 1 heterocycles. The van der Waals surface area contributed by atoms with Gasteiger partial charge in [0.15, 0.2) is 0 Å². The summed E-state index contributed by atoms with van der Waals surface area (Å²) < 4.78 is 0. The average molecular weight is 295 g/mol. The summed E-state index contributed by atoms with van der Waals surface area (Å²) in [6.07, 6.45) is 4.97. The van der Waals surface area contributed by atoms with Gasteiger partial charge in [-0.3, -0.25) is 9.59 Å². The van der Waals surface area contributed by atoms with E-state index < -0.39 is 0 Å². The second-order valence-electron chi connectivity index (χ2n) is 6.80. The van der Waals surface area contributed by atoms with Crippen molar-refractivity contribution in [2.45, 2.75) is 58.0 Å². The third kappa shape index (κ3) is 4.19. The number of likely N-dealkylation sites (tertiary alicyclic amines) is 1. The SMILES string of the molecule is CNC(C)CNC(=O)C1CC(=O)N(C2CCC(C)CC2)C1. The Morgan fingerprint density at radius 3 is 2.62 bits per heavy atom. The van der Waals surface area contributed by atoms with Gasteiger partial charge < -0.3 is 15.5 Å². The molecule has 1 saturated heterocycles. The van der Waals surface area contributed by atoms with Gasteiger partial charge in [0, 0.05) is 31.6 Å². The van der Waals surface area contributed by atoms with Crippen LogP contribution in [0.3, 0.4) is 0 Å². The third-order valence-electron chi connectivity index (χ3n) is 5.03. The van der Waals surface area contributed by atoms with Gasteiger partial charge in [-0.05, 0) is 45.6 Å². The van der Waals surface area contributed by atoms with Crippen LogP contribution in [0.15, 0.2) is 0 Å². The van der Waals surface area contributed by atoms with E-state index in [9.17, 15) is 9.59 Å². The van der Waals surface area contributed by atoms with Crippen molar-refractivity contribution in [1.29, 1.82) is 0 Å². The quantitative estimate of drug-likeness (QED) is 0.799. The van der Waals surface area contributed by atoms with Crippen LogP contribution >= 0.6 is 0 Å². The van der Waals surface area contributed by atoms with Crippen LogP contribution in [0.4, 0.5) is 0 Å². The summed E-state index contributed by atoms with van der Waals surface area (Å²) in [6, 6.07) is 0.615. The molecule has 1 aliphatic heterocycles. The minimum atomic E-state index is -0.166. The van der Waals surface area contributed by atoms with Crippen molar-refractivity contribution in [3.05, 3.63) is 0 Å². The highest BCUT2D eigenvalue weighted by Crippen LogP contribution is 2.31. The lowest BCUT2D eigenvalue weighted by Crippen LogP contribution is -2.42. The summed E-state index contributed by atoms with van der Waals surface area (Å²) in [5.74, 6) is 0.801. The molecular formula is C16H29N3O2. The van der Waals surface area contributed by atoms with Crippen LogP contribution in [-0.4, -0.2) is 48.9 Å². The topological polar surface area (TPSA) is 61.4 Å². The number of amides is 2. The first-order valence-corrected chi connectivity index (χ1v) is 8.25. The molecule has 2 amide bonds. The van der Waals surface area contributed by atoms with Gasteiger partial charge in [-0.2, -0.15) is 0 Å². The second-order valence-corrected chi connectivity index (χ2v) is 6.80. The normalized spacial score (nSPS) is 31.3. The van der Waals surface area contributed by atoms with Crippen LogP contribution in [0.5, 0.6) is 0 Å². The largest absolute Gasteiger partial charge is 0.354 e. The molecule has 0 aromatic heterocycles. The number of carbonyl (C=O) groups is 2. The van der Waals surface area contributed by atoms with Crippen molar-refractivity contribution in [1.82, 2.24) is 15.5 Å². The molecule has 1 saturated carbocycles. The summed E-state index contributed by atoms with van der Waals surface area (Å²) in [6.45, 7) is 5.52. The molecule has 2 aliphatic rings. The molecule has 0 radical (unpaired) electrons. The highest BCUT2D eigenvalue weighted by molar-refractivity contribution is 5.89.